The second-order valence-corrected chi connectivity index (χ2v) is 2.21. The highest BCUT2D eigenvalue weighted by atomic mass is 32.1. The van der Waals surface area contributed by atoms with Crippen molar-refractivity contribution in [2.24, 2.45) is 10.3 Å². The average molecular weight is 144 g/mol. The molecule has 9 heavy (non-hydrogen) atoms. The van der Waals surface area contributed by atoms with Crippen LogP contribution in [0, 0.1) is 0 Å². The molecule has 0 fully saturated rings. The lowest BCUT2D eigenvalue weighted by molar-refractivity contribution is 0.265. The number of thiol groups is 1. The van der Waals surface area contributed by atoms with E-state index in [0.29, 0.717) is 12.1 Å². The normalized spacial score (nSPS) is 19.1. The minimum atomic E-state index is -0.663. The molecule has 0 aromatic heterocycles. The number of rotatable bonds is 2. The van der Waals surface area contributed by atoms with Crippen molar-refractivity contribution in [3.05, 3.63) is 11.9 Å². The summed E-state index contributed by atoms with van der Waals surface area (Å²) in [6, 6.07) is 0. The van der Waals surface area contributed by atoms with E-state index in [4.69, 9.17) is 5.11 Å². The third kappa shape index (κ3) is 2.03. The lowest BCUT2D eigenvalue weighted by Gasteiger charge is -1.96. The molecule has 1 aliphatic rings. The third-order valence-corrected chi connectivity index (χ3v) is 1.01. The molecule has 0 aromatic rings. The van der Waals surface area contributed by atoms with Crippen LogP contribution in [0.2, 0.25) is 0 Å². The van der Waals surface area contributed by atoms with Crippen LogP contribution in [0.4, 0.5) is 0 Å². The fourth-order valence-corrected chi connectivity index (χ4v) is 0.669. The molecule has 0 amide bonds. The summed E-state index contributed by atoms with van der Waals surface area (Å²) in [5, 5.41) is 15.6. The first-order valence-corrected chi connectivity index (χ1v) is 2.97. The van der Waals surface area contributed by atoms with Gasteiger partial charge in [0.1, 0.15) is 5.44 Å². The highest BCUT2D eigenvalue weighted by Gasteiger charge is 2.05. The molecule has 0 bridgehead atoms. The molecule has 1 aliphatic heterocycles. The maximum Gasteiger partial charge on any atom is 0.102 e. The summed E-state index contributed by atoms with van der Waals surface area (Å²) in [5.41, 5.74) is 3.47. The summed E-state index contributed by atoms with van der Waals surface area (Å²) < 4.78 is 0. The highest BCUT2D eigenvalue weighted by Crippen LogP contribution is 2.12. The minimum absolute atomic E-state index is 0.399. The van der Waals surface area contributed by atoms with Crippen LogP contribution in [0.3, 0.4) is 0 Å². The third-order valence-electron chi connectivity index (χ3n) is 0.823. The molecule has 1 radical (unpaired) electrons. The zero-order valence-electron chi connectivity index (χ0n) is 4.60. The topological polar surface area (TPSA) is 59.0 Å². The van der Waals surface area contributed by atoms with E-state index in [0.717, 1.165) is 0 Å². The molecule has 1 heterocycles. The molecule has 1 rings (SSSR count). The molecule has 5 heteroatoms. The van der Waals surface area contributed by atoms with Gasteiger partial charge in [-0.25, -0.2) is 0 Å². The number of aliphatic hydroxyl groups excluding tert-OH is 1. The van der Waals surface area contributed by atoms with Gasteiger partial charge in [-0.3, -0.25) is 0 Å². The standard InChI is InChI=1S/C4H6N3OS/c8-4(9)1-3-2-5-7-6-3/h2,4,8-9H,1H2. The van der Waals surface area contributed by atoms with E-state index in [1.807, 2.05) is 0 Å². The van der Waals surface area contributed by atoms with Crippen molar-refractivity contribution in [1.29, 1.82) is 0 Å². The van der Waals surface area contributed by atoms with Crippen molar-refractivity contribution in [1.82, 2.24) is 5.43 Å². The van der Waals surface area contributed by atoms with Crippen LogP contribution in [-0.2, 0) is 0 Å². The molecular weight excluding hydrogens is 138 g/mol. The molecule has 0 saturated heterocycles. The van der Waals surface area contributed by atoms with E-state index < -0.39 is 5.44 Å². The number of nitrogens with zero attached hydrogens (tertiary/aromatic N) is 3. The van der Waals surface area contributed by atoms with Gasteiger partial charge in [-0.1, -0.05) is 0 Å². The maximum atomic E-state index is 8.69. The summed E-state index contributed by atoms with van der Waals surface area (Å²) in [6.45, 7) is 0. The maximum absolute atomic E-state index is 8.69. The van der Waals surface area contributed by atoms with Crippen molar-refractivity contribution in [2.75, 3.05) is 0 Å². The summed E-state index contributed by atoms with van der Waals surface area (Å²) in [6.07, 6.45) is 1.90. The van der Waals surface area contributed by atoms with Crippen LogP contribution in [0.5, 0.6) is 0 Å². The Morgan fingerprint density at radius 3 is 3.00 bits per heavy atom. The lowest BCUT2D eigenvalue weighted by Crippen LogP contribution is -1.95. The van der Waals surface area contributed by atoms with Crippen molar-refractivity contribution in [3.8, 4) is 0 Å². The Balaban J connectivity index is 2.35. The van der Waals surface area contributed by atoms with E-state index in [9.17, 15) is 0 Å². The zero-order valence-corrected chi connectivity index (χ0v) is 5.49. The second-order valence-electron chi connectivity index (χ2n) is 1.61. The van der Waals surface area contributed by atoms with Gasteiger partial charge in [0.2, 0.25) is 0 Å². The summed E-state index contributed by atoms with van der Waals surface area (Å²) in [7, 11) is 0. The van der Waals surface area contributed by atoms with Gasteiger partial charge < -0.3 is 5.11 Å². The van der Waals surface area contributed by atoms with Crippen molar-refractivity contribution < 1.29 is 5.11 Å². The van der Waals surface area contributed by atoms with Crippen LogP contribution >= 0.6 is 12.6 Å². The average Bonchev–Trinajstić information content (AvgIpc) is 2.15. The van der Waals surface area contributed by atoms with Crippen LogP contribution in [0.1, 0.15) is 6.42 Å². The quantitative estimate of drug-likeness (QED) is 0.429. The molecule has 1 unspecified atom stereocenters. The largest absolute Gasteiger partial charge is 0.382 e. The Morgan fingerprint density at radius 1 is 1.78 bits per heavy atom. The van der Waals surface area contributed by atoms with E-state index in [2.05, 4.69) is 28.4 Å². The van der Waals surface area contributed by atoms with Crippen molar-refractivity contribution >= 4 is 12.6 Å². The summed E-state index contributed by atoms with van der Waals surface area (Å²) in [4.78, 5) is 0. The van der Waals surface area contributed by atoms with Crippen LogP contribution in [0.25, 0.3) is 0 Å². The zero-order chi connectivity index (χ0) is 6.69. The van der Waals surface area contributed by atoms with Gasteiger partial charge in [0.05, 0.1) is 11.9 Å². The van der Waals surface area contributed by atoms with E-state index in [1.54, 1.807) is 0 Å². The van der Waals surface area contributed by atoms with Crippen LogP contribution in [-0.4, -0.2) is 10.5 Å². The monoisotopic (exact) mass is 144 g/mol. The molecule has 0 spiro atoms. The van der Waals surface area contributed by atoms with E-state index in [-0.39, 0.29) is 0 Å². The number of hydrogen-bond acceptors (Lipinski definition) is 4. The lowest BCUT2D eigenvalue weighted by atomic mass is 10.3. The van der Waals surface area contributed by atoms with Gasteiger partial charge in [0, 0.05) is 6.42 Å². The summed E-state index contributed by atoms with van der Waals surface area (Å²) in [5.74, 6) is 0. The Morgan fingerprint density at radius 2 is 2.56 bits per heavy atom. The predicted octanol–water partition coefficient (Wildman–Crippen LogP) is 0.451. The van der Waals surface area contributed by atoms with Gasteiger partial charge in [0.15, 0.2) is 0 Å². The van der Waals surface area contributed by atoms with Gasteiger partial charge >= 0.3 is 0 Å². The molecule has 49 valence electrons. The molecule has 0 aromatic carbocycles. The summed E-state index contributed by atoms with van der Waals surface area (Å²) >= 11 is 3.74. The van der Waals surface area contributed by atoms with Gasteiger partial charge in [0.25, 0.3) is 0 Å². The van der Waals surface area contributed by atoms with Crippen LogP contribution in [0.15, 0.2) is 22.2 Å². The molecule has 4 nitrogen and oxygen atoms in total. The Bertz CT molecular complexity index is 154. The number of hydrogen-bond donors (Lipinski definition) is 2. The van der Waals surface area contributed by atoms with Crippen LogP contribution < -0.4 is 5.43 Å². The fraction of sp³-hybridized carbons (Fsp3) is 0.500. The van der Waals surface area contributed by atoms with Crippen molar-refractivity contribution in [3.63, 3.8) is 0 Å². The second kappa shape index (κ2) is 2.84. The number of aliphatic hydroxyl groups is 1. The highest BCUT2D eigenvalue weighted by molar-refractivity contribution is 7.80. The van der Waals surface area contributed by atoms with Gasteiger partial charge in [-0.2, -0.15) is 0 Å². The molecule has 0 aliphatic carbocycles. The smallest absolute Gasteiger partial charge is 0.102 e. The Kier molecular flexibility index (Phi) is 2.07. The molecular formula is C4H6N3OS. The van der Waals surface area contributed by atoms with E-state index >= 15 is 0 Å². The fourth-order valence-electron chi connectivity index (χ4n) is 0.482. The molecule has 1 N–H and O–H groups in total. The SMILES string of the molecule is OC(S)CC1=C[N]N=N1. The minimum Gasteiger partial charge on any atom is -0.382 e. The first kappa shape index (κ1) is 6.57. The molecule has 1 atom stereocenters. The van der Waals surface area contributed by atoms with Crippen molar-refractivity contribution in [2.45, 2.75) is 11.9 Å². The first-order chi connectivity index (χ1) is 4.29. The molecule has 0 saturated carbocycles. The van der Waals surface area contributed by atoms with E-state index in [1.165, 1.54) is 6.20 Å². The first-order valence-electron chi connectivity index (χ1n) is 2.45. The van der Waals surface area contributed by atoms with Gasteiger partial charge in [-0.15, -0.1) is 23.2 Å². The Hall–Kier alpha value is -0.550. The Labute approximate surface area is 58.1 Å². The van der Waals surface area contributed by atoms with Gasteiger partial charge in [-0.05, 0) is 5.22 Å². The predicted molar refractivity (Wildman–Crippen MR) is 34.7 cm³/mol.